The van der Waals surface area contributed by atoms with Gasteiger partial charge in [0.25, 0.3) is 5.92 Å². The van der Waals surface area contributed by atoms with Crippen LogP contribution >= 0.6 is 0 Å². The van der Waals surface area contributed by atoms with Crippen LogP contribution in [0.15, 0.2) is 24.3 Å². The van der Waals surface area contributed by atoms with Crippen molar-refractivity contribution in [1.82, 2.24) is 0 Å². The fourth-order valence-corrected chi connectivity index (χ4v) is 2.23. The second kappa shape index (κ2) is 5.33. The molecule has 2 N–H and O–H groups in total. The predicted molar refractivity (Wildman–Crippen MR) is 66.6 cm³/mol. The second-order valence-electron chi connectivity index (χ2n) is 5.08. The Morgan fingerprint density at radius 1 is 1.28 bits per heavy atom. The Balaban J connectivity index is 1.92. The normalized spacial score (nSPS) is 24.4. The van der Waals surface area contributed by atoms with E-state index in [0.717, 1.165) is 18.4 Å². The number of rotatable bonds is 4. The van der Waals surface area contributed by atoms with Gasteiger partial charge in [0.05, 0.1) is 6.10 Å². The van der Waals surface area contributed by atoms with Crippen molar-refractivity contribution in [3.8, 4) is 0 Å². The van der Waals surface area contributed by atoms with E-state index in [9.17, 15) is 8.78 Å². The summed E-state index contributed by atoms with van der Waals surface area (Å²) in [5.74, 6) is -2.93. The lowest BCUT2D eigenvalue weighted by Gasteiger charge is -2.20. The van der Waals surface area contributed by atoms with Gasteiger partial charge in [0, 0.05) is 11.6 Å². The van der Waals surface area contributed by atoms with Gasteiger partial charge in [-0.25, -0.2) is 0 Å². The topological polar surface area (TPSA) is 35.2 Å². The molecule has 18 heavy (non-hydrogen) atoms. The van der Waals surface area contributed by atoms with Crippen LogP contribution in [0.1, 0.15) is 30.4 Å². The largest absolute Gasteiger partial charge is 0.372 e. The molecule has 100 valence electrons. The van der Waals surface area contributed by atoms with Crippen molar-refractivity contribution >= 4 is 0 Å². The van der Waals surface area contributed by atoms with Crippen molar-refractivity contribution in [3.63, 3.8) is 0 Å². The van der Waals surface area contributed by atoms with Gasteiger partial charge in [-0.05, 0) is 26.2 Å². The van der Waals surface area contributed by atoms with Gasteiger partial charge in [0.2, 0.25) is 0 Å². The van der Waals surface area contributed by atoms with Gasteiger partial charge < -0.3 is 10.5 Å². The third-order valence-electron chi connectivity index (χ3n) is 3.40. The van der Waals surface area contributed by atoms with Crippen molar-refractivity contribution in [2.75, 3.05) is 6.61 Å². The highest BCUT2D eigenvalue weighted by atomic mass is 19.3. The summed E-state index contributed by atoms with van der Waals surface area (Å²) in [5, 5.41) is 0. The molecule has 0 bridgehead atoms. The summed E-state index contributed by atoms with van der Waals surface area (Å²) in [4.78, 5) is 0. The van der Waals surface area contributed by atoms with Gasteiger partial charge in [-0.1, -0.05) is 29.8 Å². The highest BCUT2D eigenvalue weighted by Crippen LogP contribution is 2.30. The van der Waals surface area contributed by atoms with E-state index in [1.54, 1.807) is 12.1 Å². The van der Waals surface area contributed by atoms with E-state index in [0.29, 0.717) is 6.42 Å². The predicted octanol–water partition coefficient (Wildman–Crippen LogP) is 2.98. The fourth-order valence-electron chi connectivity index (χ4n) is 2.23. The molecule has 1 saturated carbocycles. The zero-order valence-electron chi connectivity index (χ0n) is 10.5. The maximum Gasteiger partial charge on any atom is 0.296 e. The zero-order chi connectivity index (χ0) is 13.2. The lowest BCUT2D eigenvalue weighted by atomic mass is 10.1. The number of ether oxygens (including phenoxy) is 1. The molecule has 0 aromatic heterocycles. The van der Waals surface area contributed by atoms with Crippen LogP contribution in [0.3, 0.4) is 0 Å². The average molecular weight is 255 g/mol. The standard InChI is InChI=1S/C14H19F2NO/c1-10-2-4-11(5-3-10)14(15,16)9-18-13-7-6-12(17)8-13/h2-5,12-13H,6-9,17H2,1H3/t12-,13-/m0/s1. The van der Waals surface area contributed by atoms with Crippen molar-refractivity contribution in [3.05, 3.63) is 35.4 Å². The smallest absolute Gasteiger partial charge is 0.296 e. The van der Waals surface area contributed by atoms with Crippen molar-refractivity contribution in [1.29, 1.82) is 0 Å². The summed E-state index contributed by atoms with van der Waals surface area (Å²) in [6.07, 6.45) is 2.21. The van der Waals surface area contributed by atoms with Crippen LogP contribution in [-0.4, -0.2) is 18.8 Å². The Kier molecular flexibility index (Phi) is 3.97. The highest BCUT2D eigenvalue weighted by molar-refractivity contribution is 5.24. The summed E-state index contributed by atoms with van der Waals surface area (Å²) >= 11 is 0. The maximum atomic E-state index is 13.9. The van der Waals surface area contributed by atoms with Gasteiger partial charge in [0.1, 0.15) is 6.61 Å². The first-order valence-corrected chi connectivity index (χ1v) is 6.29. The summed E-state index contributed by atoms with van der Waals surface area (Å²) in [6.45, 7) is 1.31. The molecule has 1 aliphatic carbocycles. The minimum absolute atomic E-state index is 0.00963. The van der Waals surface area contributed by atoms with Crippen LogP contribution < -0.4 is 5.73 Å². The first-order chi connectivity index (χ1) is 8.47. The Morgan fingerprint density at radius 2 is 1.94 bits per heavy atom. The molecule has 0 amide bonds. The van der Waals surface area contributed by atoms with Crippen LogP contribution in [0, 0.1) is 6.92 Å². The number of hydrogen-bond donors (Lipinski definition) is 1. The van der Waals surface area contributed by atoms with Gasteiger partial charge >= 0.3 is 0 Å². The van der Waals surface area contributed by atoms with E-state index >= 15 is 0 Å². The molecule has 4 heteroatoms. The molecule has 2 nitrogen and oxygen atoms in total. The van der Waals surface area contributed by atoms with Gasteiger partial charge in [-0.15, -0.1) is 0 Å². The Morgan fingerprint density at radius 3 is 2.50 bits per heavy atom. The molecule has 0 aliphatic heterocycles. The third-order valence-corrected chi connectivity index (χ3v) is 3.40. The van der Waals surface area contributed by atoms with Gasteiger partial charge in [-0.2, -0.15) is 8.78 Å². The highest BCUT2D eigenvalue weighted by Gasteiger charge is 2.34. The first-order valence-electron chi connectivity index (χ1n) is 6.29. The maximum absolute atomic E-state index is 13.9. The lowest BCUT2D eigenvalue weighted by molar-refractivity contribution is -0.103. The molecule has 2 atom stereocenters. The van der Waals surface area contributed by atoms with Crippen LogP contribution in [0.2, 0.25) is 0 Å². The Labute approximate surface area is 106 Å². The van der Waals surface area contributed by atoms with Crippen molar-refractivity contribution in [2.45, 2.75) is 44.3 Å². The molecule has 2 rings (SSSR count). The molecule has 1 aromatic carbocycles. The number of benzene rings is 1. The van der Waals surface area contributed by atoms with Crippen LogP contribution in [-0.2, 0) is 10.7 Å². The van der Waals surface area contributed by atoms with E-state index in [2.05, 4.69) is 0 Å². The molecular formula is C14H19F2NO. The Hall–Kier alpha value is -1.00. The number of hydrogen-bond acceptors (Lipinski definition) is 2. The number of nitrogens with two attached hydrogens (primary N) is 1. The van der Waals surface area contributed by atoms with E-state index in [1.165, 1.54) is 12.1 Å². The summed E-state index contributed by atoms with van der Waals surface area (Å²) in [7, 11) is 0. The molecule has 0 saturated heterocycles. The van der Waals surface area contributed by atoms with Crippen LogP contribution in [0.5, 0.6) is 0 Å². The van der Waals surface area contributed by atoms with E-state index < -0.39 is 12.5 Å². The summed E-state index contributed by atoms with van der Waals surface area (Å²) < 4.78 is 33.1. The minimum atomic E-state index is -2.93. The minimum Gasteiger partial charge on any atom is -0.372 e. The van der Waals surface area contributed by atoms with E-state index in [1.807, 2.05) is 6.92 Å². The molecule has 0 spiro atoms. The number of aryl methyl sites for hydroxylation is 1. The monoisotopic (exact) mass is 255 g/mol. The van der Waals surface area contributed by atoms with E-state index in [4.69, 9.17) is 10.5 Å². The first kappa shape index (κ1) is 13.4. The number of halogens is 2. The number of alkyl halides is 2. The van der Waals surface area contributed by atoms with Gasteiger partial charge in [-0.3, -0.25) is 0 Å². The second-order valence-corrected chi connectivity index (χ2v) is 5.08. The van der Waals surface area contributed by atoms with E-state index in [-0.39, 0.29) is 17.7 Å². The molecule has 0 heterocycles. The zero-order valence-corrected chi connectivity index (χ0v) is 10.5. The molecule has 0 unspecified atom stereocenters. The molecular weight excluding hydrogens is 236 g/mol. The summed E-state index contributed by atoms with van der Waals surface area (Å²) in [6, 6.07) is 6.39. The van der Waals surface area contributed by atoms with Gasteiger partial charge in [0.15, 0.2) is 0 Å². The molecule has 1 aliphatic rings. The lowest BCUT2D eigenvalue weighted by Crippen LogP contribution is -2.25. The molecule has 1 fully saturated rings. The van der Waals surface area contributed by atoms with Crippen molar-refractivity contribution in [2.24, 2.45) is 5.73 Å². The molecule has 0 radical (unpaired) electrons. The third kappa shape index (κ3) is 3.27. The summed E-state index contributed by atoms with van der Waals surface area (Å²) in [5.41, 5.74) is 6.70. The average Bonchev–Trinajstić information content (AvgIpc) is 2.73. The van der Waals surface area contributed by atoms with Crippen LogP contribution in [0.25, 0.3) is 0 Å². The Bertz CT molecular complexity index is 391. The quantitative estimate of drug-likeness (QED) is 0.897. The molecule has 1 aromatic rings. The fraction of sp³-hybridized carbons (Fsp3) is 0.571. The van der Waals surface area contributed by atoms with Crippen LogP contribution in [0.4, 0.5) is 8.78 Å². The SMILES string of the molecule is Cc1ccc(C(F)(F)CO[C@H]2CC[C@H](N)C2)cc1. The van der Waals surface area contributed by atoms with Crippen molar-refractivity contribution < 1.29 is 13.5 Å².